The molecule has 0 amide bonds. The number of carbonyl (C=O) groups is 1. The summed E-state index contributed by atoms with van der Waals surface area (Å²) in [6.07, 6.45) is -1.30. The molecule has 0 atom stereocenters. The Morgan fingerprint density at radius 2 is 2.11 bits per heavy atom. The molecule has 102 valence electrons. The van der Waals surface area contributed by atoms with Gasteiger partial charge >= 0.3 is 12.1 Å². The first kappa shape index (κ1) is 13.2. The summed E-state index contributed by atoms with van der Waals surface area (Å²) in [6, 6.07) is 1.65. The van der Waals surface area contributed by atoms with Gasteiger partial charge in [0.1, 0.15) is 0 Å². The Labute approximate surface area is 105 Å². The third-order valence-electron chi connectivity index (χ3n) is 2.53. The van der Waals surface area contributed by atoms with Crippen molar-refractivity contribution in [1.29, 1.82) is 0 Å². The minimum absolute atomic E-state index is 0.0806. The molecule has 2 aromatic heterocycles. The molecule has 8 heteroatoms. The van der Waals surface area contributed by atoms with E-state index in [2.05, 4.69) is 5.10 Å². The third kappa shape index (κ3) is 2.78. The molecular weight excluding hydrogens is 263 g/mol. The maximum absolute atomic E-state index is 12.7. The highest BCUT2D eigenvalue weighted by Gasteiger charge is 2.37. The predicted octanol–water partition coefficient (Wildman–Crippen LogP) is 1.99. The van der Waals surface area contributed by atoms with Gasteiger partial charge in [-0.15, -0.1) is 0 Å². The van der Waals surface area contributed by atoms with Crippen LogP contribution in [0.25, 0.3) is 0 Å². The number of aryl methyl sites for hydroxylation is 1. The van der Waals surface area contributed by atoms with Crippen LogP contribution in [0.4, 0.5) is 13.2 Å². The molecule has 0 spiro atoms. The number of carboxylic acids is 1. The molecule has 2 aromatic rings. The maximum Gasteiger partial charge on any atom is 0.418 e. The van der Waals surface area contributed by atoms with Gasteiger partial charge in [-0.1, -0.05) is 0 Å². The second-order valence-corrected chi connectivity index (χ2v) is 4.04. The highest BCUT2D eigenvalue weighted by molar-refractivity contribution is 5.89. The molecular formula is C11H10F3N3O2. The Hall–Kier alpha value is -2.25. The summed E-state index contributed by atoms with van der Waals surface area (Å²) in [5.41, 5.74) is -1.37. The van der Waals surface area contributed by atoms with Crippen LogP contribution in [0.2, 0.25) is 0 Å². The molecule has 0 radical (unpaired) electrons. The van der Waals surface area contributed by atoms with Crippen LogP contribution in [0.3, 0.4) is 0 Å². The maximum atomic E-state index is 12.7. The molecule has 2 rings (SSSR count). The Balaban J connectivity index is 2.35. The number of hydrogen-bond donors (Lipinski definition) is 1. The van der Waals surface area contributed by atoms with Gasteiger partial charge in [-0.2, -0.15) is 18.3 Å². The first-order chi connectivity index (χ1) is 8.77. The number of alkyl halides is 3. The number of rotatable bonds is 3. The second kappa shape index (κ2) is 4.45. The van der Waals surface area contributed by atoms with Crippen LogP contribution >= 0.6 is 0 Å². The van der Waals surface area contributed by atoms with Gasteiger partial charge in [-0.25, -0.2) is 4.79 Å². The van der Waals surface area contributed by atoms with Crippen LogP contribution in [-0.2, 0) is 19.8 Å². The number of nitrogens with zero attached hydrogens (tertiary/aromatic N) is 3. The van der Waals surface area contributed by atoms with Gasteiger partial charge in [0, 0.05) is 25.6 Å². The summed E-state index contributed by atoms with van der Waals surface area (Å²) in [5, 5.41) is 12.8. The Morgan fingerprint density at radius 3 is 2.53 bits per heavy atom. The minimum atomic E-state index is -4.69. The van der Waals surface area contributed by atoms with Gasteiger partial charge in [-0.3, -0.25) is 4.68 Å². The Kier molecular flexibility index (Phi) is 3.09. The average molecular weight is 273 g/mol. The van der Waals surface area contributed by atoms with Gasteiger partial charge in [0.2, 0.25) is 0 Å². The van der Waals surface area contributed by atoms with E-state index in [1.165, 1.54) is 4.68 Å². The normalized spacial score (nSPS) is 11.8. The van der Waals surface area contributed by atoms with Crippen LogP contribution in [0.5, 0.6) is 0 Å². The van der Waals surface area contributed by atoms with Crippen LogP contribution in [0, 0.1) is 0 Å². The first-order valence-electron chi connectivity index (χ1n) is 5.26. The zero-order valence-electron chi connectivity index (χ0n) is 9.85. The molecule has 0 aliphatic rings. The van der Waals surface area contributed by atoms with Crippen LogP contribution in [-0.4, -0.2) is 25.4 Å². The monoisotopic (exact) mass is 273 g/mol. The SMILES string of the molecule is Cn1ccc(Cn2cc(C(=O)O)c(C(F)(F)F)c2)n1. The summed E-state index contributed by atoms with van der Waals surface area (Å²) >= 11 is 0. The van der Waals surface area contributed by atoms with E-state index in [-0.39, 0.29) is 6.54 Å². The van der Waals surface area contributed by atoms with Crippen molar-refractivity contribution >= 4 is 5.97 Å². The highest BCUT2D eigenvalue weighted by atomic mass is 19.4. The lowest BCUT2D eigenvalue weighted by Gasteiger charge is -2.04. The van der Waals surface area contributed by atoms with E-state index < -0.39 is 23.3 Å². The van der Waals surface area contributed by atoms with Gasteiger partial charge in [0.25, 0.3) is 0 Å². The molecule has 0 saturated heterocycles. The number of halogens is 3. The van der Waals surface area contributed by atoms with E-state index in [1.807, 2.05) is 0 Å². The summed E-state index contributed by atoms with van der Waals surface area (Å²) in [4.78, 5) is 10.8. The van der Waals surface area contributed by atoms with Crippen molar-refractivity contribution in [3.05, 3.63) is 41.5 Å². The second-order valence-electron chi connectivity index (χ2n) is 4.04. The topological polar surface area (TPSA) is 60.0 Å². The summed E-state index contributed by atoms with van der Waals surface area (Å²) in [6.45, 7) is 0.0806. The van der Waals surface area contributed by atoms with Crippen LogP contribution in [0.15, 0.2) is 24.7 Å². The fraction of sp³-hybridized carbons (Fsp3) is 0.273. The lowest BCUT2D eigenvalue weighted by molar-refractivity contribution is -0.138. The van der Waals surface area contributed by atoms with E-state index in [4.69, 9.17) is 5.11 Å². The zero-order chi connectivity index (χ0) is 14.2. The molecule has 0 unspecified atom stereocenters. The van der Waals surface area contributed by atoms with Crippen molar-refractivity contribution < 1.29 is 23.1 Å². The largest absolute Gasteiger partial charge is 0.478 e. The van der Waals surface area contributed by atoms with Crippen LogP contribution in [0.1, 0.15) is 21.6 Å². The summed E-state index contributed by atoms with van der Waals surface area (Å²) < 4.78 is 40.7. The Morgan fingerprint density at radius 1 is 1.42 bits per heavy atom. The van der Waals surface area contributed by atoms with Gasteiger partial charge in [-0.05, 0) is 6.07 Å². The number of aromatic nitrogens is 3. The fourth-order valence-corrected chi connectivity index (χ4v) is 1.73. The summed E-state index contributed by atoms with van der Waals surface area (Å²) in [5.74, 6) is -1.60. The molecule has 0 saturated carbocycles. The van der Waals surface area contributed by atoms with E-state index in [0.717, 1.165) is 17.0 Å². The molecule has 2 heterocycles. The lowest BCUT2D eigenvalue weighted by Crippen LogP contribution is -2.09. The molecule has 19 heavy (non-hydrogen) atoms. The van der Waals surface area contributed by atoms with Gasteiger partial charge in [0.05, 0.1) is 23.4 Å². The van der Waals surface area contributed by atoms with Crippen molar-refractivity contribution in [3.8, 4) is 0 Å². The number of aromatic carboxylic acids is 1. The van der Waals surface area contributed by atoms with Crippen molar-refractivity contribution in [2.45, 2.75) is 12.7 Å². The van der Waals surface area contributed by atoms with Crippen molar-refractivity contribution in [3.63, 3.8) is 0 Å². The molecule has 1 N–H and O–H groups in total. The molecule has 0 bridgehead atoms. The van der Waals surface area contributed by atoms with E-state index in [1.54, 1.807) is 19.3 Å². The fourth-order valence-electron chi connectivity index (χ4n) is 1.73. The lowest BCUT2D eigenvalue weighted by atomic mass is 10.2. The number of hydrogen-bond acceptors (Lipinski definition) is 2. The van der Waals surface area contributed by atoms with E-state index in [9.17, 15) is 18.0 Å². The third-order valence-corrected chi connectivity index (χ3v) is 2.53. The average Bonchev–Trinajstić information content (AvgIpc) is 2.85. The molecule has 0 fully saturated rings. The quantitative estimate of drug-likeness (QED) is 0.930. The minimum Gasteiger partial charge on any atom is -0.478 e. The smallest absolute Gasteiger partial charge is 0.418 e. The van der Waals surface area contributed by atoms with Crippen molar-refractivity contribution in [1.82, 2.24) is 14.3 Å². The van der Waals surface area contributed by atoms with E-state index >= 15 is 0 Å². The molecule has 0 aliphatic carbocycles. The highest BCUT2D eigenvalue weighted by Crippen LogP contribution is 2.32. The van der Waals surface area contributed by atoms with Gasteiger partial charge in [0.15, 0.2) is 0 Å². The summed E-state index contributed by atoms with van der Waals surface area (Å²) in [7, 11) is 1.68. The van der Waals surface area contributed by atoms with Gasteiger partial charge < -0.3 is 9.67 Å². The first-order valence-corrected chi connectivity index (χ1v) is 5.26. The van der Waals surface area contributed by atoms with E-state index in [0.29, 0.717) is 5.69 Å². The zero-order valence-corrected chi connectivity index (χ0v) is 9.85. The molecule has 0 aliphatic heterocycles. The molecule has 0 aromatic carbocycles. The predicted molar refractivity (Wildman–Crippen MR) is 58.7 cm³/mol. The Bertz CT molecular complexity index is 613. The van der Waals surface area contributed by atoms with Crippen LogP contribution < -0.4 is 0 Å². The van der Waals surface area contributed by atoms with Crippen molar-refractivity contribution in [2.24, 2.45) is 7.05 Å². The van der Waals surface area contributed by atoms with Crippen molar-refractivity contribution in [2.75, 3.05) is 0 Å². The molecule has 5 nitrogen and oxygen atoms in total. The standard InChI is InChI=1S/C11H10F3N3O2/c1-16-3-2-7(15-16)4-17-5-8(10(18)19)9(6-17)11(12,13)14/h2-3,5-6H,4H2,1H3,(H,18,19). The number of carboxylic acid groups (broad SMARTS) is 1.